The van der Waals surface area contributed by atoms with Gasteiger partial charge in [-0.1, -0.05) is 74.5 Å². The molecule has 0 aromatic heterocycles. The van der Waals surface area contributed by atoms with Crippen LogP contribution in [0.3, 0.4) is 0 Å². The predicted molar refractivity (Wildman–Crippen MR) is 154 cm³/mol. The summed E-state index contributed by atoms with van der Waals surface area (Å²) < 4.78 is 22.4. The van der Waals surface area contributed by atoms with E-state index in [0.717, 1.165) is 17.5 Å². The number of aliphatic hydroxyl groups is 1. The van der Waals surface area contributed by atoms with Gasteiger partial charge in [0, 0.05) is 13.0 Å². The lowest BCUT2D eigenvalue weighted by Crippen LogP contribution is -2.52. The number of nitrogens with zero attached hydrogens (tertiary/aromatic N) is 2. The number of hydrogen-bond donors (Lipinski definition) is 2. The van der Waals surface area contributed by atoms with Gasteiger partial charge in [-0.2, -0.15) is 5.26 Å². The molecule has 2 amide bonds. The van der Waals surface area contributed by atoms with Crippen LogP contribution in [-0.2, 0) is 32.0 Å². The molecule has 0 radical (unpaired) electrons. The third kappa shape index (κ3) is 9.18. The van der Waals surface area contributed by atoms with Crippen LogP contribution in [0.15, 0.2) is 60.7 Å². The molecule has 0 bridgehead atoms. The van der Waals surface area contributed by atoms with Crippen LogP contribution < -0.4 is 5.32 Å². The lowest BCUT2D eigenvalue weighted by Gasteiger charge is -2.35. The first-order valence-corrected chi connectivity index (χ1v) is 14.5. The van der Waals surface area contributed by atoms with Crippen molar-refractivity contribution in [3.63, 3.8) is 0 Å². The summed E-state index contributed by atoms with van der Waals surface area (Å²) in [5.41, 5.74) is 1.33. The van der Waals surface area contributed by atoms with Crippen molar-refractivity contribution in [3.8, 4) is 6.07 Å². The van der Waals surface area contributed by atoms with Gasteiger partial charge in [0.25, 0.3) is 0 Å². The number of amides is 2. The van der Waals surface area contributed by atoms with Crippen LogP contribution in [0.1, 0.15) is 44.2 Å². The summed E-state index contributed by atoms with van der Waals surface area (Å²) in [7, 11) is 0. The zero-order valence-electron chi connectivity index (χ0n) is 24.3. The Bertz CT molecular complexity index is 1190. The van der Waals surface area contributed by atoms with E-state index in [1.165, 1.54) is 4.90 Å². The summed E-state index contributed by atoms with van der Waals surface area (Å²) in [5, 5.41) is 23.4. The standard InChI is InChI=1S/C32H41N3O7/c1-32(2,15-9-16-33)22-35(31(38)41-20-24-12-7-4-8-13-24)19-27(36)26(18-23-10-5-3-6-11-23)34-30(37)42-28-21-40-29-25(28)14-17-39-29/h3-8,10-13,25-29,36H,9,14-15,17-22H2,1-2H3,(H,34,37)/t25?,26?,27?,28-,29?/m0/s1. The lowest BCUT2D eigenvalue weighted by atomic mass is 9.87. The van der Waals surface area contributed by atoms with Crippen LogP contribution in [0.4, 0.5) is 9.59 Å². The van der Waals surface area contributed by atoms with Crippen LogP contribution in [0.2, 0.25) is 0 Å². The summed E-state index contributed by atoms with van der Waals surface area (Å²) in [6.45, 7) is 5.00. The van der Waals surface area contributed by atoms with E-state index in [0.29, 0.717) is 25.9 Å². The Balaban J connectivity index is 1.46. The molecule has 2 aromatic carbocycles. The van der Waals surface area contributed by atoms with Crippen LogP contribution in [0.25, 0.3) is 0 Å². The van der Waals surface area contributed by atoms with Crippen LogP contribution in [0, 0.1) is 22.7 Å². The molecule has 2 aliphatic heterocycles. The van der Waals surface area contributed by atoms with Crippen molar-refractivity contribution >= 4 is 12.2 Å². The molecule has 10 heteroatoms. The number of benzene rings is 2. The first-order valence-electron chi connectivity index (χ1n) is 14.5. The Labute approximate surface area is 247 Å². The maximum absolute atomic E-state index is 13.3. The van der Waals surface area contributed by atoms with E-state index in [-0.39, 0.29) is 38.5 Å². The van der Waals surface area contributed by atoms with E-state index in [4.69, 9.17) is 24.2 Å². The maximum Gasteiger partial charge on any atom is 0.410 e. The minimum absolute atomic E-state index is 0.0150. The Morgan fingerprint density at radius 3 is 2.50 bits per heavy atom. The highest BCUT2D eigenvalue weighted by atomic mass is 16.7. The van der Waals surface area contributed by atoms with E-state index in [1.54, 1.807) is 0 Å². The minimum atomic E-state index is -1.14. The number of rotatable bonds is 13. The molecule has 42 heavy (non-hydrogen) atoms. The third-order valence-corrected chi connectivity index (χ3v) is 7.71. The van der Waals surface area contributed by atoms with Gasteiger partial charge in [0.2, 0.25) is 0 Å². The zero-order valence-corrected chi connectivity index (χ0v) is 24.3. The Kier molecular flexibility index (Phi) is 11.2. The molecule has 5 atom stereocenters. The second kappa shape index (κ2) is 15.0. The highest BCUT2D eigenvalue weighted by Gasteiger charge is 2.44. The highest BCUT2D eigenvalue weighted by Crippen LogP contribution is 2.33. The summed E-state index contributed by atoms with van der Waals surface area (Å²) in [5.74, 6) is -0.0150. The van der Waals surface area contributed by atoms with Gasteiger partial charge in [0.15, 0.2) is 6.29 Å². The topological polar surface area (TPSA) is 130 Å². The number of nitriles is 1. The van der Waals surface area contributed by atoms with Crippen LogP contribution in [0.5, 0.6) is 0 Å². The first kappa shape index (κ1) is 31.3. The fraction of sp³-hybridized carbons (Fsp3) is 0.531. The molecule has 4 rings (SSSR count). The summed E-state index contributed by atoms with van der Waals surface area (Å²) >= 11 is 0. The van der Waals surface area contributed by atoms with Crippen molar-refractivity contribution in [1.29, 1.82) is 5.26 Å². The average Bonchev–Trinajstić information content (AvgIpc) is 3.60. The molecule has 0 saturated carbocycles. The Morgan fingerprint density at radius 2 is 1.81 bits per heavy atom. The van der Waals surface area contributed by atoms with E-state index in [2.05, 4.69) is 11.4 Å². The van der Waals surface area contributed by atoms with E-state index in [9.17, 15) is 14.7 Å². The number of nitrogens with one attached hydrogen (secondary N) is 1. The Hall–Kier alpha value is -3.65. The largest absolute Gasteiger partial charge is 0.445 e. The smallest absolute Gasteiger partial charge is 0.410 e. The number of carbonyl (C=O) groups excluding carboxylic acids is 2. The molecule has 226 valence electrons. The monoisotopic (exact) mass is 579 g/mol. The van der Waals surface area contributed by atoms with Gasteiger partial charge >= 0.3 is 12.2 Å². The summed E-state index contributed by atoms with van der Waals surface area (Å²) in [6, 6.07) is 20.2. The second-order valence-electron chi connectivity index (χ2n) is 11.7. The number of fused-ring (bicyclic) bond motifs is 1. The zero-order chi connectivity index (χ0) is 30.0. The SMILES string of the molecule is CC(C)(CCC#N)CN(CC(O)C(Cc1ccccc1)NC(=O)O[C@H]1COC2OCCC21)C(=O)OCc1ccccc1. The first-order chi connectivity index (χ1) is 20.2. The molecule has 2 N–H and O–H groups in total. The predicted octanol–water partition coefficient (Wildman–Crippen LogP) is 4.41. The summed E-state index contributed by atoms with van der Waals surface area (Å²) in [4.78, 5) is 27.8. The molecule has 2 aliphatic rings. The molecule has 4 unspecified atom stereocenters. The number of aliphatic hydroxyl groups excluding tert-OH is 1. The van der Waals surface area contributed by atoms with Crippen molar-refractivity contribution in [3.05, 3.63) is 71.8 Å². The number of hydrogen-bond acceptors (Lipinski definition) is 8. The molecule has 10 nitrogen and oxygen atoms in total. The fourth-order valence-electron chi connectivity index (χ4n) is 5.38. The van der Waals surface area contributed by atoms with Crippen LogP contribution >= 0.6 is 0 Å². The van der Waals surface area contributed by atoms with Crippen LogP contribution in [-0.4, -0.2) is 73.0 Å². The van der Waals surface area contributed by atoms with Crippen molar-refractivity contribution < 1.29 is 33.6 Å². The van der Waals surface area contributed by atoms with Crippen molar-refractivity contribution in [2.24, 2.45) is 11.3 Å². The van der Waals surface area contributed by atoms with E-state index in [1.807, 2.05) is 74.5 Å². The fourth-order valence-corrected chi connectivity index (χ4v) is 5.38. The van der Waals surface area contributed by atoms with Gasteiger partial charge in [-0.05, 0) is 35.8 Å². The minimum Gasteiger partial charge on any atom is -0.445 e. The lowest BCUT2D eigenvalue weighted by molar-refractivity contribution is -0.0907. The van der Waals surface area contributed by atoms with Gasteiger partial charge in [-0.25, -0.2) is 9.59 Å². The molecule has 0 spiro atoms. The van der Waals surface area contributed by atoms with Gasteiger partial charge in [-0.15, -0.1) is 0 Å². The van der Waals surface area contributed by atoms with E-state index < -0.39 is 35.9 Å². The molecular formula is C32H41N3O7. The molecule has 2 aromatic rings. The number of alkyl carbamates (subject to hydrolysis) is 1. The maximum atomic E-state index is 13.3. The summed E-state index contributed by atoms with van der Waals surface area (Å²) in [6.07, 6.45) is -1.21. The Morgan fingerprint density at radius 1 is 1.12 bits per heavy atom. The quantitative estimate of drug-likeness (QED) is 0.357. The second-order valence-corrected chi connectivity index (χ2v) is 11.7. The van der Waals surface area contributed by atoms with Gasteiger partial charge < -0.3 is 34.3 Å². The molecule has 0 aliphatic carbocycles. The van der Waals surface area contributed by atoms with Crippen molar-refractivity contribution in [2.45, 2.75) is 70.7 Å². The number of ether oxygens (including phenoxy) is 4. The average molecular weight is 580 g/mol. The molecule has 2 saturated heterocycles. The highest BCUT2D eigenvalue weighted by molar-refractivity contribution is 5.69. The number of carbonyl (C=O) groups is 2. The molecule has 2 heterocycles. The molecular weight excluding hydrogens is 538 g/mol. The third-order valence-electron chi connectivity index (χ3n) is 7.71. The van der Waals surface area contributed by atoms with Gasteiger partial charge in [-0.3, -0.25) is 0 Å². The van der Waals surface area contributed by atoms with Crippen molar-refractivity contribution in [1.82, 2.24) is 10.2 Å². The van der Waals surface area contributed by atoms with E-state index >= 15 is 0 Å². The van der Waals surface area contributed by atoms with Gasteiger partial charge in [0.1, 0.15) is 12.7 Å². The van der Waals surface area contributed by atoms with Gasteiger partial charge in [0.05, 0.1) is 43.9 Å². The normalized spacial score (nSPS) is 21.0. The van der Waals surface area contributed by atoms with Crippen molar-refractivity contribution in [2.75, 3.05) is 26.3 Å². The molecule has 2 fully saturated rings.